The Morgan fingerprint density at radius 1 is 1.50 bits per heavy atom. The first-order valence-corrected chi connectivity index (χ1v) is 8.17. The van der Waals surface area contributed by atoms with Crippen LogP contribution in [0.5, 0.6) is 0 Å². The maximum atomic E-state index is 14.4. The van der Waals surface area contributed by atoms with Crippen LogP contribution in [0.15, 0.2) is 6.20 Å². The number of nitro groups is 1. The number of nitrogens with zero attached hydrogens (tertiary/aromatic N) is 4. The fourth-order valence-corrected chi connectivity index (χ4v) is 2.89. The van der Waals surface area contributed by atoms with Crippen molar-refractivity contribution < 1.29 is 23.2 Å². The number of aromatic nitrogens is 2. The highest BCUT2D eigenvalue weighted by molar-refractivity contribution is 5.68. The van der Waals surface area contributed by atoms with E-state index in [-0.39, 0.29) is 24.5 Å². The number of hydrogen-bond acceptors (Lipinski definition) is 6. The van der Waals surface area contributed by atoms with Gasteiger partial charge in [0, 0.05) is 26.1 Å². The molecule has 1 amide bonds. The number of nitrogens with one attached hydrogen (secondary N) is 1. The van der Waals surface area contributed by atoms with Crippen LogP contribution in [0, 0.1) is 10.1 Å². The summed E-state index contributed by atoms with van der Waals surface area (Å²) in [7, 11) is 1.46. The van der Waals surface area contributed by atoms with Gasteiger partial charge in [-0.05, 0) is 27.2 Å². The second-order valence-electron chi connectivity index (χ2n) is 7.35. The predicted octanol–water partition coefficient (Wildman–Crippen LogP) is 2.46. The molecule has 2 heterocycles. The molecule has 1 aromatic heterocycles. The standard InChI is InChI=1S/C15H23F2N5O4/c1-14(2,3)26-13(23)19-10-5-6-21(9-15(16,17)7-10)12-11(22(24)25)8-18-20(12)4/h8,10H,5-7,9H2,1-4H3,(H,19,23). The quantitative estimate of drug-likeness (QED) is 0.643. The molecule has 1 fully saturated rings. The number of alkyl halides is 2. The van der Waals surface area contributed by atoms with E-state index in [9.17, 15) is 23.7 Å². The molecular formula is C15H23F2N5O4. The van der Waals surface area contributed by atoms with Gasteiger partial charge < -0.3 is 15.0 Å². The molecule has 2 rings (SSSR count). The van der Waals surface area contributed by atoms with Crippen LogP contribution in [-0.4, -0.2) is 51.5 Å². The summed E-state index contributed by atoms with van der Waals surface area (Å²) >= 11 is 0. The molecule has 1 atom stereocenters. The Kier molecular flexibility index (Phi) is 5.38. The van der Waals surface area contributed by atoms with Crippen LogP contribution in [-0.2, 0) is 11.8 Å². The first-order valence-electron chi connectivity index (χ1n) is 8.17. The summed E-state index contributed by atoms with van der Waals surface area (Å²) in [6.45, 7) is 4.45. The van der Waals surface area contributed by atoms with E-state index >= 15 is 0 Å². The highest BCUT2D eigenvalue weighted by Gasteiger charge is 2.41. The third-order valence-corrected chi connectivity index (χ3v) is 3.82. The summed E-state index contributed by atoms with van der Waals surface area (Å²) < 4.78 is 35.1. The molecule has 0 radical (unpaired) electrons. The number of amides is 1. The lowest BCUT2D eigenvalue weighted by atomic mass is 10.1. The first-order chi connectivity index (χ1) is 11.9. The highest BCUT2D eigenvalue weighted by atomic mass is 19.3. The Hall–Kier alpha value is -2.46. The van der Waals surface area contributed by atoms with Gasteiger partial charge in [-0.25, -0.2) is 18.3 Å². The van der Waals surface area contributed by atoms with Gasteiger partial charge in [0.1, 0.15) is 11.8 Å². The molecule has 26 heavy (non-hydrogen) atoms. The zero-order valence-electron chi connectivity index (χ0n) is 15.2. The molecule has 0 spiro atoms. The van der Waals surface area contributed by atoms with Gasteiger partial charge in [0.25, 0.3) is 5.92 Å². The number of carbonyl (C=O) groups excluding carboxylic acids is 1. The second-order valence-corrected chi connectivity index (χ2v) is 7.35. The van der Waals surface area contributed by atoms with Gasteiger partial charge in [0.15, 0.2) is 0 Å². The van der Waals surface area contributed by atoms with Crippen LogP contribution in [0.25, 0.3) is 0 Å². The molecule has 0 aromatic carbocycles. The minimum absolute atomic E-state index is 0.0209. The van der Waals surface area contributed by atoms with Gasteiger partial charge in [-0.1, -0.05) is 0 Å². The van der Waals surface area contributed by atoms with Crippen molar-refractivity contribution in [2.24, 2.45) is 7.05 Å². The number of hydrogen-bond donors (Lipinski definition) is 1. The van der Waals surface area contributed by atoms with E-state index in [0.29, 0.717) is 0 Å². The molecule has 1 saturated heterocycles. The number of carbonyl (C=O) groups is 1. The molecule has 1 aromatic rings. The van der Waals surface area contributed by atoms with Crippen LogP contribution in [0.4, 0.5) is 25.1 Å². The monoisotopic (exact) mass is 375 g/mol. The van der Waals surface area contributed by atoms with Crippen molar-refractivity contribution in [2.75, 3.05) is 18.0 Å². The Morgan fingerprint density at radius 2 is 2.15 bits per heavy atom. The normalized spacial score (nSPS) is 20.4. The third kappa shape index (κ3) is 5.02. The van der Waals surface area contributed by atoms with Crippen molar-refractivity contribution in [1.82, 2.24) is 15.1 Å². The van der Waals surface area contributed by atoms with Crippen molar-refractivity contribution in [3.05, 3.63) is 16.3 Å². The van der Waals surface area contributed by atoms with Gasteiger partial charge >= 0.3 is 11.8 Å². The summed E-state index contributed by atoms with van der Waals surface area (Å²) in [6.07, 6.45) is -0.112. The lowest BCUT2D eigenvalue weighted by Crippen LogP contribution is -2.42. The zero-order valence-corrected chi connectivity index (χ0v) is 15.2. The maximum absolute atomic E-state index is 14.4. The Bertz CT molecular complexity index is 686. The molecule has 1 N–H and O–H groups in total. The van der Waals surface area contributed by atoms with E-state index in [1.54, 1.807) is 20.8 Å². The van der Waals surface area contributed by atoms with Crippen LogP contribution < -0.4 is 10.2 Å². The Morgan fingerprint density at radius 3 is 2.73 bits per heavy atom. The Balaban J connectivity index is 2.16. The summed E-state index contributed by atoms with van der Waals surface area (Å²) in [5, 5.41) is 17.4. The zero-order chi connectivity index (χ0) is 19.7. The number of ether oxygens (including phenoxy) is 1. The lowest BCUT2D eigenvalue weighted by Gasteiger charge is -2.25. The minimum Gasteiger partial charge on any atom is -0.444 e. The smallest absolute Gasteiger partial charge is 0.407 e. The summed E-state index contributed by atoms with van der Waals surface area (Å²) in [5.41, 5.74) is -1.07. The molecule has 1 unspecified atom stereocenters. The summed E-state index contributed by atoms with van der Waals surface area (Å²) in [5.74, 6) is -3.12. The highest BCUT2D eigenvalue weighted by Crippen LogP contribution is 2.34. The third-order valence-electron chi connectivity index (χ3n) is 3.82. The molecule has 9 nitrogen and oxygen atoms in total. The molecule has 0 aliphatic carbocycles. The Labute approximate surface area is 149 Å². The molecule has 1 aliphatic rings. The minimum atomic E-state index is -3.14. The average molecular weight is 375 g/mol. The molecular weight excluding hydrogens is 352 g/mol. The van der Waals surface area contributed by atoms with Gasteiger partial charge in [-0.2, -0.15) is 5.10 Å². The molecule has 0 bridgehead atoms. The first kappa shape index (κ1) is 19.9. The lowest BCUT2D eigenvalue weighted by molar-refractivity contribution is -0.384. The number of alkyl carbamates (subject to hydrolysis) is 1. The largest absolute Gasteiger partial charge is 0.444 e. The van der Waals surface area contributed by atoms with Crippen molar-refractivity contribution in [2.45, 2.75) is 51.2 Å². The van der Waals surface area contributed by atoms with E-state index in [2.05, 4.69) is 10.4 Å². The van der Waals surface area contributed by atoms with Crippen LogP contribution in [0.2, 0.25) is 0 Å². The van der Waals surface area contributed by atoms with Crippen molar-refractivity contribution in [3.8, 4) is 0 Å². The van der Waals surface area contributed by atoms with E-state index in [4.69, 9.17) is 4.74 Å². The summed E-state index contributed by atoms with van der Waals surface area (Å²) in [6, 6.07) is -0.808. The van der Waals surface area contributed by atoms with E-state index in [1.165, 1.54) is 16.6 Å². The van der Waals surface area contributed by atoms with E-state index in [1.807, 2.05) is 0 Å². The van der Waals surface area contributed by atoms with Crippen molar-refractivity contribution in [1.29, 1.82) is 0 Å². The maximum Gasteiger partial charge on any atom is 0.407 e. The number of halogens is 2. The van der Waals surface area contributed by atoms with E-state index < -0.39 is 41.5 Å². The molecule has 11 heteroatoms. The SMILES string of the molecule is Cn1ncc([N+](=O)[O-])c1N1CCC(NC(=O)OC(C)(C)C)CC(F)(F)C1. The number of rotatable bonds is 3. The molecule has 146 valence electrons. The van der Waals surface area contributed by atoms with Gasteiger partial charge in [0.2, 0.25) is 5.82 Å². The molecule has 1 aliphatic heterocycles. The van der Waals surface area contributed by atoms with Gasteiger partial charge in [-0.3, -0.25) is 10.1 Å². The predicted molar refractivity (Wildman–Crippen MR) is 89.4 cm³/mol. The van der Waals surface area contributed by atoms with Crippen LogP contribution in [0.3, 0.4) is 0 Å². The van der Waals surface area contributed by atoms with Crippen LogP contribution >= 0.6 is 0 Å². The summed E-state index contributed by atoms with van der Waals surface area (Å²) in [4.78, 5) is 23.6. The van der Waals surface area contributed by atoms with Gasteiger partial charge in [0.05, 0.1) is 11.5 Å². The number of aryl methyl sites for hydroxylation is 1. The van der Waals surface area contributed by atoms with Crippen molar-refractivity contribution >= 4 is 17.6 Å². The molecule has 0 saturated carbocycles. The van der Waals surface area contributed by atoms with Crippen LogP contribution in [0.1, 0.15) is 33.6 Å². The number of anilines is 1. The topological polar surface area (TPSA) is 103 Å². The van der Waals surface area contributed by atoms with E-state index in [0.717, 1.165) is 6.20 Å². The second kappa shape index (κ2) is 7.04. The fourth-order valence-electron chi connectivity index (χ4n) is 2.89. The van der Waals surface area contributed by atoms with Crippen molar-refractivity contribution in [3.63, 3.8) is 0 Å². The fraction of sp³-hybridized carbons (Fsp3) is 0.733. The van der Waals surface area contributed by atoms with Gasteiger partial charge in [-0.15, -0.1) is 0 Å². The average Bonchev–Trinajstić information content (AvgIpc) is 2.75.